The maximum atomic E-state index is 13.7. The maximum absolute atomic E-state index is 13.7. The standard InChI is InChI=1S/C15H21FN2O/c1-19-15-5-3-11(7-13(15)16)14(17)9-18-8-10-2-4-12(18)6-10/h3,5,7,10,12,14H,2,4,6,8-9,17H2,1H3. The van der Waals surface area contributed by atoms with Crippen LogP contribution in [-0.4, -0.2) is 31.1 Å². The minimum atomic E-state index is -0.335. The van der Waals surface area contributed by atoms with Crippen LogP contribution in [0.15, 0.2) is 18.2 Å². The molecule has 1 saturated heterocycles. The molecule has 3 unspecified atom stereocenters. The van der Waals surface area contributed by atoms with E-state index in [4.69, 9.17) is 10.5 Å². The second kappa shape index (κ2) is 5.10. The number of ether oxygens (including phenoxy) is 1. The van der Waals surface area contributed by atoms with Crippen LogP contribution in [0.4, 0.5) is 4.39 Å². The summed E-state index contributed by atoms with van der Waals surface area (Å²) >= 11 is 0. The van der Waals surface area contributed by atoms with Gasteiger partial charge in [-0.25, -0.2) is 4.39 Å². The quantitative estimate of drug-likeness (QED) is 0.907. The molecule has 1 saturated carbocycles. The summed E-state index contributed by atoms with van der Waals surface area (Å²) in [6.07, 6.45) is 3.99. The van der Waals surface area contributed by atoms with E-state index in [1.165, 1.54) is 32.4 Å². The van der Waals surface area contributed by atoms with Crippen molar-refractivity contribution < 1.29 is 9.13 Å². The molecule has 104 valence electrons. The molecule has 2 aliphatic rings. The predicted octanol–water partition coefficient (Wildman–Crippen LogP) is 2.32. The molecule has 3 rings (SSSR count). The van der Waals surface area contributed by atoms with Crippen LogP contribution in [0.1, 0.15) is 30.9 Å². The van der Waals surface area contributed by atoms with Crippen LogP contribution in [0.5, 0.6) is 5.75 Å². The zero-order valence-corrected chi connectivity index (χ0v) is 11.3. The molecule has 1 aromatic rings. The Labute approximate surface area is 113 Å². The smallest absolute Gasteiger partial charge is 0.165 e. The van der Waals surface area contributed by atoms with Gasteiger partial charge in [-0.15, -0.1) is 0 Å². The van der Waals surface area contributed by atoms with Crippen molar-refractivity contribution in [3.8, 4) is 5.75 Å². The van der Waals surface area contributed by atoms with Gasteiger partial charge in [-0.05, 0) is 42.9 Å². The van der Waals surface area contributed by atoms with Gasteiger partial charge < -0.3 is 10.5 Å². The highest BCUT2D eigenvalue weighted by atomic mass is 19.1. The number of piperidine rings is 1. The van der Waals surface area contributed by atoms with Crippen LogP contribution >= 0.6 is 0 Å². The lowest BCUT2D eigenvalue weighted by atomic mass is 10.0. The third-order valence-electron chi connectivity index (χ3n) is 4.56. The molecular weight excluding hydrogens is 243 g/mol. The van der Waals surface area contributed by atoms with Gasteiger partial charge in [-0.3, -0.25) is 4.90 Å². The zero-order chi connectivity index (χ0) is 13.4. The third kappa shape index (κ3) is 2.47. The lowest BCUT2D eigenvalue weighted by Crippen LogP contribution is -2.37. The minimum absolute atomic E-state index is 0.125. The third-order valence-corrected chi connectivity index (χ3v) is 4.56. The predicted molar refractivity (Wildman–Crippen MR) is 72.6 cm³/mol. The number of nitrogens with two attached hydrogens (primary N) is 1. The lowest BCUT2D eigenvalue weighted by Gasteiger charge is -2.29. The lowest BCUT2D eigenvalue weighted by molar-refractivity contribution is 0.201. The molecule has 19 heavy (non-hydrogen) atoms. The van der Waals surface area contributed by atoms with E-state index in [0.717, 1.165) is 24.6 Å². The van der Waals surface area contributed by atoms with Gasteiger partial charge in [-0.1, -0.05) is 6.07 Å². The zero-order valence-electron chi connectivity index (χ0n) is 11.3. The first kappa shape index (κ1) is 12.9. The Morgan fingerprint density at radius 2 is 2.32 bits per heavy atom. The fraction of sp³-hybridized carbons (Fsp3) is 0.600. The van der Waals surface area contributed by atoms with E-state index >= 15 is 0 Å². The molecule has 3 nitrogen and oxygen atoms in total. The fourth-order valence-electron chi connectivity index (χ4n) is 3.52. The molecule has 0 radical (unpaired) electrons. The number of benzene rings is 1. The number of rotatable bonds is 4. The molecule has 0 spiro atoms. The number of methoxy groups -OCH3 is 1. The topological polar surface area (TPSA) is 38.5 Å². The molecule has 1 aliphatic heterocycles. The largest absolute Gasteiger partial charge is 0.494 e. The van der Waals surface area contributed by atoms with E-state index in [9.17, 15) is 4.39 Å². The molecule has 1 heterocycles. The highest BCUT2D eigenvalue weighted by Gasteiger charge is 2.38. The fourth-order valence-corrected chi connectivity index (χ4v) is 3.52. The number of hydrogen-bond acceptors (Lipinski definition) is 3. The van der Waals surface area contributed by atoms with E-state index in [2.05, 4.69) is 4.90 Å². The van der Waals surface area contributed by atoms with Gasteiger partial charge in [0.2, 0.25) is 0 Å². The van der Waals surface area contributed by atoms with E-state index in [1.54, 1.807) is 6.07 Å². The van der Waals surface area contributed by atoms with Gasteiger partial charge in [0.1, 0.15) is 0 Å². The van der Waals surface area contributed by atoms with Crippen molar-refractivity contribution in [3.63, 3.8) is 0 Å². The van der Waals surface area contributed by atoms with Gasteiger partial charge >= 0.3 is 0 Å². The molecule has 3 atom stereocenters. The van der Waals surface area contributed by atoms with E-state index in [0.29, 0.717) is 6.04 Å². The SMILES string of the molecule is COc1ccc(C(N)CN2CC3CCC2C3)cc1F. The molecule has 0 amide bonds. The number of halogens is 1. The molecule has 0 aromatic heterocycles. The average molecular weight is 264 g/mol. The van der Waals surface area contributed by atoms with Crippen molar-refractivity contribution in [1.29, 1.82) is 0 Å². The summed E-state index contributed by atoms with van der Waals surface area (Å²) in [6.45, 7) is 1.99. The van der Waals surface area contributed by atoms with Crippen molar-refractivity contribution in [3.05, 3.63) is 29.6 Å². The van der Waals surface area contributed by atoms with Crippen LogP contribution in [-0.2, 0) is 0 Å². The number of nitrogens with zero attached hydrogens (tertiary/aromatic N) is 1. The van der Waals surface area contributed by atoms with Crippen molar-refractivity contribution in [2.45, 2.75) is 31.3 Å². The molecule has 2 bridgehead atoms. The van der Waals surface area contributed by atoms with Crippen molar-refractivity contribution in [1.82, 2.24) is 4.90 Å². The van der Waals surface area contributed by atoms with Gasteiger partial charge in [0.05, 0.1) is 7.11 Å². The summed E-state index contributed by atoms with van der Waals surface area (Å²) in [4.78, 5) is 2.47. The maximum Gasteiger partial charge on any atom is 0.165 e. The first-order valence-corrected chi connectivity index (χ1v) is 7.00. The first-order chi connectivity index (χ1) is 9.17. The van der Waals surface area contributed by atoms with Gasteiger partial charge in [0, 0.05) is 25.2 Å². The minimum Gasteiger partial charge on any atom is -0.494 e. The summed E-state index contributed by atoms with van der Waals surface area (Å²) in [7, 11) is 1.47. The van der Waals surface area contributed by atoms with E-state index < -0.39 is 0 Å². The number of hydrogen-bond donors (Lipinski definition) is 1. The van der Waals surface area contributed by atoms with Crippen LogP contribution in [0, 0.1) is 11.7 Å². The highest BCUT2D eigenvalue weighted by Crippen LogP contribution is 2.38. The molecule has 1 aliphatic carbocycles. The summed E-state index contributed by atoms with van der Waals surface area (Å²) in [5.74, 6) is 0.805. The summed E-state index contributed by atoms with van der Waals surface area (Å²) in [5.41, 5.74) is 7.07. The Balaban J connectivity index is 1.67. The average Bonchev–Trinajstić information content (AvgIpc) is 3.00. The molecule has 1 aromatic carbocycles. The summed E-state index contributed by atoms with van der Waals surface area (Å²) in [5, 5.41) is 0. The molecule has 2 N–H and O–H groups in total. The van der Waals surface area contributed by atoms with Crippen LogP contribution in [0.3, 0.4) is 0 Å². The first-order valence-electron chi connectivity index (χ1n) is 7.00. The second-order valence-corrected chi connectivity index (χ2v) is 5.79. The van der Waals surface area contributed by atoms with E-state index in [1.807, 2.05) is 6.07 Å². The van der Waals surface area contributed by atoms with Crippen molar-refractivity contribution in [2.75, 3.05) is 20.2 Å². The molecule has 4 heteroatoms. The Morgan fingerprint density at radius 3 is 2.89 bits per heavy atom. The molecular formula is C15H21FN2O. The van der Waals surface area contributed by atoms with Crippen molar-refractivity contribution in [2.24, 2.45) is 11.7 Å². The summed E-state index contributed by atoms with van der Waals surface area (Å²) < 4.78 is 18.6. The Morgan fingerprint density at radius 1 is 1.47 bits per heavy atom. The van der Waals surface area contributed by atoms with Crippen LogP contribution < -0.4 is 10.5 Å². The Kier molecular flexibility index (Phi) is 3.46. The molecule has 2 fully saturated rings. The van der Waals surface area contributed by atoms with E-state index in [-0.39, 0.29) is 17.6 Å². The van der Waals surface area contributed by atoms with Crippen molar-refractivity contribution >= 4 is 0 Å². The summed E-state index contributed by atoms with van der Waals surface area (Å²) in [6, 6.07) is 5.60. The van der Waals surface area contributed by atoms with Gasteiger partial charge in [0.15, 0.2) is 11.6 Å². The highest BCUT2D eigenvalue weighted by molar-refractivity contribution is 5.31. The Bertz CT molecular complexity index is 465. The van der Waals surface area contributed by atoms with Gasteiger partial charge in [-0.2, -0.15) is 0 Å². The van der Waals surface area contributed by atoms with Crippen LogP contribution in [0.2, 0.25) is 0 Å². The number of likely N-dealkylation sites (tertiary alicyclic amines) is 1. The Hall–Kier alpha value is -1.13. The van der Waals surface area contributed by atoms with Crippen LogP contribution in [0.25, 0.3) is 0 Å². The normalized spacial score (nSPS) is 27.7. The van der Waals surface area contributed by atoms with Gasteiger partial charge in [0.25, 0.3) is 0 Å². The second-order valence-electron chi connectivity index (χ2n) is 5.79. The monoisotopic (exact) mass is 264 g/mol. The number of fused-ring (bicyclic) bond motifs is 2.